The Morgan fingerprint density at radius 3 is 2.76 bits per heavy atom. The molecule has 0 saturated carbocycles. The number of hydrogen-bond donors (Lipinski definition) is 3. The van der Waals surface area contributed by atoms with Gasteiger partial charge in [0.1, 0.15) is 5.76 Å². The van der Waals surface area contributed by atoms with Crippen molar-refractivity contribution < 1.29 is 14.0 Å². The molecular weight excluding hydrogens is 342 g/mol. The molecule has 1 aliphatic heterocycles. The molecule has 0 radical (unpaired) electrons. The molecule has 1 atom stereocenters. The summed E-state index contributed by atoms with van der Waals surface area (Å²) in [5, 5.41) is 9.45. The highest BCUT2D eigenvalue weighted by atomic mass is 35.5. The van der Waals surface area contributed by atoms with Crippen molar-refractivity contribution in [2.24, 2.45) is 0 Å². The summed E-state index contributed by atoms with van der Waals surface area (Å²) in [6.45, 7) is 3.42. The van der Waals surface area contributed by atoms with Gasteiger partial charge in [-0.3, -0.25) is 9.59 Å². The third kappa shape index (κ3) is 4.21. The Morgan fingerprint density at radius 2 is 2.08 bits per heavy atom. The highest BCUT2D eigenvalue weighted by molar-refractivity contribution is 6.31. The number of halogens is 1. The second-order valence-electron chi connectivity index (χ2n) is 6.05. The van der Waals surface area contributed by atoms with E-state index in [-0.39, 0.29) is 17.9 Å². The normalized spacial score (nSPS) is 17.1. The fourth-order valence-electron chi connectivity index (χ4n) is 2.87. The van der Waals surface area contributed by atoms with Crippen LogP contribution >= 0.6 is 11.6 Å². The van der Waals surface area contributed by atoms with E-state index in [2.05, 4.69) is 16.0 Å². The van der Waals surface area contributed by atoms with E-state index >= 15 is 0 Å². The predicted molar refractivity (Wildman–Crippen MR) is 96.2 cm³/mol. The number of anilines is 1. The maximum atomic E-state index is 12.6. The molecule has 1 saturated heterocycles. The average Bonchev–Trinajstić information content (AvgIpc) is 3.02. The smallest absolute Gasteiger partial charge is 0.259 e. The molecule has 2 amide bonds. The van der Waals surface area contributed by atoms with Gasteiger partial charge in [-0.15, -0.1) is 0 Å². The van der Waals surface area contributed by atoms with Crippen molar-refractivity contribution in [3.8, 4) is 0 Å². The summed E-state index contributed by atoms with van der Waals surface area (Å²) in [6, 6.07) is 6.49. The van der Waals surface area contributed by atoms with Crippen LogP contribution in [0.1, 0.15) is 39.3 Å². The zero-order valence-corrected chi connectivity index (χ0v) is 14.7. The van der Waals surface area contributed by atoms with Crippen LogP contribution in [0.2, 0.25) is 5.02 Å². The lowest BCUT2D eigenvalue weighted by Gasteiger charge is -2.24. The number of benzene rings is 1. The first-order valence-corrected chi connectivity index (χ1v) is 8.59. The van der Waals surface area contributed by atoms with Crippen molar-refractivity contribution in [2.75, 3.05) is 18.4 Å². The summed E-state index contributed by atoms with van der Waals surface area (Å²) in [5.74, 6) is -0.0645. The number of piperidine rings is 1. The Morgan fingerprint density at radius 1 is 1.24 bits per heavy atom. The van der Waals surface area contributed by atoms with E-state index in [1.165, 1.54) is 6.26 Å². The van der Waals surface area contributed by atoms with Gasteiger partial charge in [0, 0.05) is 17.6 Å². The third-order valence-corrected chi connectivity index (χ3v) is 4.45. The Balaban J connectivity index is 1.79. The van der Waals surface area contributed by atoms with Crippen molar-refractivity contribution in [1.82, 2.24) is 10.6 Å². The van der Waals surface area contributed by atoms with Gasteiger partial charge in [0.15, 0.2) is 0 Å². The van der Waals surface area contributed by atoms with Gasteiger partial charge in [0.05, 0.1) is 23.1 Å². The lowest BCUT2D eigenvalue weighted by Crippen LogP contribution is -2.45. The van der Waals surface area contributed by atoms with Crippen LogP contribution in [-0.4, -0.2) is 30.9 Å². The van der Waals surface area contributed by atoms with Crippen molar-refractivity contribution in [3.05, 3.63) is 52.4 Å². The zero-order valence-electron chi connectivity index (χ0n) is 13.9. The molecule has 25 heavy (non-hydrogen) atoms. The largest absolute Gasteiger partial charge is 0.469 e. The molecule has 3 N–H and O–H groups in total. The van der Waals surface area contributed by atoms with Gasteiger partial charge in [-0.1, -0.05) is 11.6 Å². The van der Waals surface area contributed by atoms with Gasteiger partial charge in [-0.2, -0.15) is 0 Å². The first-order chi connectivity index (χ1) is 12.0. The monoisotopic (exact) mass is 361 g/mol. The number of carbonyl (C=O) groups is 2. The Labute approximate surface area is 150 Å². The van der Waals surface area contributed by atoms with Crippen LogP contribution in [-0.2, 0) is 0 Å². The number of carbonyl (C=O) groups excluding carboxylic acids is 2. The van der Waals surface area contributed by atoms with Gasteiger partial charge in [0.2, 0.25) is 0 Å². The van der Waals surface area contributed by atoms with Gasteiger partial charge in [-0.25, -0.2) is 0 Å². The molecule has 1 unspecified atom stereocenters. The fraction of sp³-hybridized carbons (Fsp3) is 0.333. The first kappa shape index (κ1) is 17.5. The average molecular weight is 362 g/mol. The van der Waals surface area contributed by atoms with Crippen molar-refractivity contribution >= 4 is 29.1 Å². The highest BCUT2D eigenvalue weighted by Gasteiger charge is 2.20. The number of furan rings is 1. The summed E-state index contributed by atoms with van der Waals surface area (Å²) in [6.07, 6.45) is 3.41. The third-order valence-electron chi connectivity index (χ3n) is 4.21. The first-order valence-electron chi connectivity index (χ1n) is 8.21. The maximum Gasteiger partial charge on any atom is 0.259 e. The maximum absolute atomic E-state index is 12.6. The van der Waals surface area contributed by atoms with E-state index in [0.29, 0.717) is 27.6 Å². The number of amides is 2. The minimum Gasteiger partial charge on any atom is -0.469 e. The molecule has 7 heteroatoms. The number of nitrogens with one attached hydrogen (secondary N) is 3. The van der Waals surface area contributed by atoms with E-state index in [1.807, 2.05) is 0 Å². The number of aryl methyl sites for hydroxylation is 1. The summed E-state index contributed by atoms with van der Waals surface area (Å²) >= 11 is 6.04. The fourth-order valence-corrected chi connectivity index (χ4v) is 3.04. The molecule has 2 heterocycles. The Bertz CT molecular complexity index is 782. The van der Waals surface area contributed by atoms with Gasteiger partial charge in [-0.05, 0) is 50.6 Å². The van der Waals surface area contributed by atoms with Gasteiger partial charge >= 0.3 is 0 Å². The van der Waals surface area contributed by atoms with Crippen LogP contribution in [0.3, 0.4) is 0 Å². The van der Waals surface area contributed by atoms with E-state index in [9.17, 15) is 9.59 Å². The molecule has 1 aromatic heterocycles. The molecule has 6 nitrogen and oxygen atoms in total. The molecule has 0 spiro atoms. The van der Waals surface area contributed by atoms with Gasteiger partial charge in [0.25, 0.3) is 11.8 Å². The van der Waals surface area contributed by atoms with E-state index in [4.69, 9.17) is 16.0 Å². The van der Waals surface area contributed by atoms with Gasteiger partial charge < -0.3 is 20.4 Å². The zero-order chi connectivity index (χ0) is 17.8. The predicted octanol–water partition coefficient (Wildman–Crippen LogP) is 2.98. The molecular formula is C18H20ClN3O3. The van der Waals surface area contributed by atoms with Crippen molar-refractivity contribution in [3.63, 3.8) is 0 Å². The van der Waals surface area contributed by atoms with Crippen LogP contribution in [0.4, 0.5) is 5.69 Å². The molecule has 3 rings (SSSR count). The SMILES string of the molecule is Cc1occc1C(=O)Nc1cc(Cl)ccc1C(=O)NC1CCCNC1. The van der Waals surface area contributed by atoms with Crippen molar-refractivity contribution in [2.45, 2.75) is 25.8 Å². The van der Waals surface area contributed by atoms with E-state index < -0.39 is 0 Å². The minimum absolute atomic E-state index is 0.0802. The molecule has 0 bridgehead atoms. The molecule has 132 valence electrons. The van der Waals surface area contributed by atoms with E-state index in [1.54, 1.807) is 31.2 Å². The van der Waals surface area contributed by atoms with Crippen molar-refractivity contribution in [1.29, 1.82) is 0 Å². The van der Waals surface area contributed by atoms with Crippen LogP contribution in [0.15, 0.2) is 34.9 Å². The topological polar surface area (TPSA) is 83.4 Å². The quantitative estimate of drug-likeness (QED) is 0.781. The second kappa shape index (κ2) is 7.72. The van der Waals surface area contributed by atoms with Crippen LogP contribution < -0.4 is 16.0 Å². The molecule has 2 aromatic rings. The standard InChI is InChI=1S/C18H20ClN3O3/c1-11-14(6-8-25-11)17(23)22-16-9-12(19)4-5-15(16)18(24)21-13-3-2-7-20-10-13/h4-6,8-9,13,20H,2-3,7,10H2,1H3,(H,21,24)(H,22,23). The molecule has 0 aliphatic carbocycles. The lowest BCUT2D eigenvalue weighted by molar-refractivity contribution is 0.0931. The summed E-state index contributed by atoms with van der Waals surface area (Å²) in [5.41, 5.74) is 1.17. The highest BCUT2D eigenvalue weighted by Crippen LogP contribution is 2.23. The second-order valence-corrected chi connectivity index (χ2v) is 6.49. The molecule has 1 fully saturated rings. The summed E-state index contributed by atoms with van der Waals surface area (Å²) in [7, 11) is 0. The Hall–Kier alpha value is -2.31. The van der Waals surface area contributed by atoms with Crippen LogP contribution in [0.25, 0.3) is 0 Å². The Kier molecular flexibility index (Phi) is 5.40. The molecule has 1 aromatic carbocycles. The summed E-state index contributed by atoms with van der Waals surface area (Å²) in [4.78, 5) is 25.0. The summed E-state index contributed by atoms with van der Waals surface area (Å²) < 4.78 is 5.15. The number of rotatable bonds is 4. The minimum atomic E-state index is -0.345. The lowest BCUT2D eigenvalue weighted by atomic mass is 10.1. The number of hydrogen-bond acceptors (Lipinski definition) is 4. The molecule has 1 aliphatic rings. The van der Waals surface area contributed by atoms with E-state index in [0.717, 1.165) is 25.9 Å². The van der Waals surface area contributed by atoms with Crippen LogP contribution in [0, 0.1) is 6.92 Å². The van der Waals surface area contributed by atoms with Crippen LogP contribution in [0.5, 0.6) is 0 Å².